The molecule has 138 valence electrons. The molecule has 4 nitrogen and oxygen atoms in total. The van der Waals surface area contributed by atoms with Gasteiger partial charge in [0, 0.05) is 22.7 Å². The summed E-state index contributed by atoms with van der Waals surface area (Å²) in [7, 11) is 3.79. The molecule has 0 bridgehead atoms. The van der Waals surface area contributed by atoms with Gasteiger partial charge >= 0.3 is 11.9 Å². The zero-order valence-electron chi connectivity index (χ0n) is 14.9. The third-order valence-corrected chi connectivity index (χ3v) is 5.57. The van der Waals surface area contributed by atoms with E-state index in [1.807, 2.05) is 21.6 Å². The zero-order chi connectivity index (χ0) is 18.2. The van der Waals surface area contributed by atoms with Crippen molar-refractivity contribution >= 4 is 33.5 Å². The Kier molecular flexibility index (Phi) is 15.1. The van der Waals surface area contributed by atoms with E-state index < -0.39 is 0 Å². The highest BCUT2D eigenvalue weighted by atomic mass is 33.1. The lowest BCUT2D eigenvalue weighted by atomic mass is 10.3. The Labute approximate surface area is 154 Å². The van der Waals surface area contributed by atoms with Crippen molar-refractivity contribution in [1.82, 2.24) is 0 Å². The molecule has 0 rings (SSSR count). The van der Waals surface area contributed by atoms with E-state index in [9.17, 15) is 9.59 Å². The van der Waals surface area contributed by atoms with Crippen molar-refractivity contribution < 1.29 is 19.1 Å². The Morgan fingerprint density at radius 1 is 0.708 bits per heavy atom. The molecule has 0 heterocycles. The van der Waals surface area contributed by atoms with Gasteiger partial charge in [-0.25, -0.2) is 9.59 Å². The fourth-order valence-electron chi connectivity index (χ4n) is 1.57. The molecule has 0 amide bonds. The first-order valence-corrected chi connectivity index (χ1v) is 10.8. The third-order valence-electron chi connectivity index (χ3n) is 2.99. The summed E-state index contributed by atoms with van der Waals surface area (Å²) in [5.41, 5.74) is 0.909. The molecule has 0 fully saturated rings. The molecule has 0 saturated heterocycles. The standard InChI is InChI=1S/C18H30O4S2/c1-15(2)17(19)21-11-7-5-9-13-23-24-14-10-6-8-12-22-18(20)16(3)4/h1,3,5-14H2,2,4H3. The monoisotopic (exact) mass is 374 g/mol. The average Bonchev–Trinajstić information content (AvgIpc) is 2.54. The van der Waals surface area contributed by atoms with Crippen molar-refractivity contribution in [1.29, 1.82) is 0 Å². The quantitative estimate of drug-likeness (QED) is 0.175. The van der Waals surface area contributed by atoms with Crippen LogP contribution in [0.2, 0.25) is 0 Å². The first kappa shape index (κ1) is 23.1. The summed E-state index contributed by atoms with van der Waals surface area (Å²) < 4.78 is 10.1. The molecule has 0 aromatic carbocycles. The van der Waals surface area contributed by atoms with E-state index in [2.05, 4.69) is 13.2 Å². The topological polar surface area (TPSA) is 52.6 Å². The van der Waals surface area contributed by atoms with Gasteiger partial charge in [-0.15, -0.1) is 0 Å². The van der Waals surface area contributed by atoms with Gasteiger partial charge in [0.15, 0.2) is 0 Å². The first-order valence-electron chi connectivity index (χ1n) is 8.34. The van der Waals surface area contributed by atoms with Crippen LogP contribution in [0.4, 0.5) is 0 Å². The molecule has 0 saturated carbocycles. The second kappa shape index (κ2) is 15.6. The summed E-state index contributed by atoms with van der Waals surface area (Å²) in [6.45, 7) is 11.4. The first-order chi connectivity index (χ1) is 11.4. The molecule has 24 heavy (non-hydrogen) atoms. The van der Waals surface area contributed by atoms with E-state index in [-0.39, 0.29) is 11.9 Å². The molecule has 0 unspecified atom stereocenters. The molecule has 0 spiro atoms. The highest BCUT2D eigenvalue weighted by Crippen LogP contribution is 2.24. The van der Waals surface area contributed by atoms with Gasteiger partial charge in [-0.2, -0.15) is 0 Å². The van der Waals surface area contributed by atoms with Crippen molar-refractivity contribution in [3.63, 3.8) is 0 Å². The van der Waals surface area contributed by atoms with Crippen LogP contribution in [-0.2, 0) is 19.1 Å². The summed E-state index contributed by atoms with van der Waals surface area (Å²) in [5.74, 6) is 1.65. The zero-order valence-corrected chi connectivity index (χ0v) is 16.6. The molecule has 0 aromatic heterocycles. The minimum absolute atomic E-state index is 0.297. The number of carbonyl (C=O) groups excluding carboxylic acids is 2. The van der Waals surface area contributed by atoms with Crippen LogP contribution in [0.15, 0.2) is 24.3 Å². The lowest BCUT2D eigenvalue weighted by molar-refractivity contribution is -0.139. The van der Waals surface area contributed by atoms with Crippen molar-refractivity contribution in [2.45, 2.75) is 52.4 Å². The number of hydrogen-bond donors (Lipinski definition) is 0. The molecule has 0 aliphatic rings. The normalized spacial score (nSPS) is 10.2. The van der Waals surface area contributed by atoms with Crippen LogP contribution in [0.3, 0.4) is 0 Å². The Morgan fingerprint density at radius 2 is 1.08 bits per heavy atom. The maximum atomic E-state index is 11.1. The maximum Gasteiger partial charge on any atom is 0.333 e. The van der Waals surface area contributed by atoms with Gasteiger partial charge in [-0.3, -0.25) is 0 Å². The number of hydrogen-bond acceptors (Lipinski definition) is 6. The Bertz CT molecular complexity index is 370. The van der Waals surface area contributed by atoms with Crippen LogP contribution < -0.4 is 0 Å². The van der Waals surface area contributed by atoms with E-state index >= 15 is 0 Å². The third kappa shape index (κ3) is 14.7. The van der Waals surface area contributed by atoms with Crippen LogP contribution in [0.1, 0.15) is 52.4 Å². The highest BCUT2D eigenvalue weighted by molar-refractivity contribution is 8.76. The second-order valence-electron chi connectivity index (χ2n) is 5.60. The summed E-state index contributed by atoms with van der Waals surface area (Å²) in [5, 5.41) is 0. The predicted molar refractivity (Wildman–Crippen MR) is 104 cm³/mol. The van der Waals surface area contributed by atoms with Gasteiger partial charge in [0.2, 0.25) is 0 Å². The van der Waals surface area contributed by atoms with Gasteiger partial charge in [-0.1, -0.05) is 34.7 Å². The molecule has 0 aromatic rings. The summed E-state index contributed by atoms with van der Waals surface area (Å²) in [6.07, 6.45) is 6.24. The molecular formula is C18H30O4S2. The smallest absolute Gasteiger partial charge is 0.333 e. The summed E-state index contributed by atoms with van der Waals surface area (Å²) >= 11 is 0. The predicted octanol–water partition coefficient (Wildman–Crippen LogP) is 4.95. The maximum absolute atomic E-state index is 11.1. The largest absolute Gasteiger partial charge is 0.462 e. The SMILES string of the molecule is C=C(C)C(=O)OCCCCCSSCCCCCOC(=O)C(=C)C. The Hall–Kier alpha value is -0.880. The highest BCUT2D eigenvalue weighted by Gasteiger charge is 2.02. The molecule has 6 heteroatoms. The van der Waals surface area contributed by atoms with Crippen LogP contribution in [0, 0.1) is 0 Å². The van der Waals surface area contributed by atoms with Crippen molar-refractivity contribution in [2.24, 2.45) is 0 Å². The van der Waals surface area contributed by atoms with Crippen LogP contribution in [-0.4, -0.2) is 36.7 Å². The fourth-order valence-corrected chi connectivity index (χ4v) is 3.87. The van der Waals surface area contributed by atoms with Crippen LogP contribution >= 0.6 is 21.6 Å². The van der Waals surface area contributed by atoms with Crippen molar-refractivity contribution in [2.75, 3.05) is 24.7 Å². The minimum Gasteiger partial charge on any atom is -0.462 e. The van der Waals surface area contributed by atoms with Gasteiger partial charge < -0.3 is 9.47 Å². The van der Waals surface area contributed by atoms with Crippen molar-refractivity contribution in [3.8, 4) is 0 Å². The minimum atomic E-state index is -0.297. The number of esters is 2. The van der Waals surface area contributed by atoms with Gasteiger partial charge in [0.05, 0.1) is 13.2 Å². The molecule has 0 atom stereocenters. The van der Waals surface area contributed by atoms with E-state index in [4.69, 9.17) is 9.47 Å². The second-order valence-corrected chi connectivity index (χ2v) is 8.30. The lowest BCUT2D eigenvalue weighted by Crippen LogP contribution is -2.06. The number of carbonyl (C=O) groups is 2. The number of unbranched alkanes of at least 4 members (excludes halogenated alkanes) is 4. The lowest BCUT2D eigenvalue weighted by Gasteiger charge is -2.05. The van der Waals surface area contributed by atoms with Gasteiger partial charge in [0.25, 0.3) is 0 Å². The van der Waals surface area contributed by atoms with Crippen molar-refractivity contribution in [3.05, 3.63) is 24.3 Å². The summed E-state index contributed by atoms with van der Waals surface area (Å²) in [6, 6.07) is 0. The average molecular weight is 375 g/mol. The summed E-state index contributed by atoms with van der Waals surface area (Å²) in [4.78, 5) is 22.3. The van der Waals surface area contributed by atoms with E-state index in [1.165, 1.54) is 0 Å². The van der Waals surface area contributed by atoms with Gasteiger partial charge in [0.1, 0.15) is 0 Å². The molecule has 0 radical (unpaired) electrons. The Balaban J connectivity index is 3.18. The Morgan fingerprint density at radius 3 is 1.42 bits per heavy atom. The van der Waals surface area contributed by atoms with Crippen LogP contribution in [0.5, 0.6) is 0 Å². The molecule has 0 aliphatic heterocycles. The molecule has 0 N–H and O–H groups in total. The molecular weight excluding hydrogens is 344 g/mol. The van der Waals surface area contributed by atoms with E-state index in [0.717, 1.165) is 50.0 Å². The molecule has 0 aliphatic carbocycles. The van der Waals surface area contributed by atoms with Gasteiger partial charge in [-0.05, 0) is 52.4 Å². The number of ether oxygens (including phenoxy) is 2. The van der Waals surface area contributed by atoms with Crippen LogP contribution in [0.25, 0.3) is 0 Å². The fraction of sp³-hybridized carbons (Fsp3) is 0.667. The van der Waals surface area contributed by atoms with E-state index in [0.29, 0.717) is 24.4 Å². The van der Waals surface area contributed by atoms with E-state index in [1.54, 1.807) is 13.8 Å². The number of rotatable bonds is 15.